The number of para-hydroxylation sites is 3. The standard InChI is InChI=1S/C19H17F3N4O4S/c1-28-14-9-5-6-11(16(14)29-2)10-15-25-26-18(31-15)24-17(27)23-12-7-3-4-8-13(12)30-19(20,21)22/h3-9H,10H2,1-2H3,(H2,23,24,26,27). The van der Waals surface area contributed by atoms with Crippen LogP contribution in [0.3, 0.4) is 0 Å². The number of methoxy groups -OCH3 is 2. The second kappa shape index (κ2) is 9.51. The molecule has 8 nitrogen and oxygen atoms in total. The number of benzene rings is 2. The first kappa shape index (κ1) is 22.2. The summed E-state index contributed by atoms with van der Waals surface area (Å²) in [6.45, 7) is 0. The SMILES string of the molecule is COc1cccc(Cc2nnc(NC(=O)Nc3ccccc3OC(F)(F)F)s2)c1OC. The van der Waals surface area contributed by atoms with Crippen LogP contribution in [0.4, 0.5) is 28.8 Å². The van der Waals surface area contributed by atoms with E-state index >= 15 is 0 Å². The number of aromatic nitrogens is 2. The summed E-state index contributed by atoms with van der Waals surface area (Å²) in [6, 6.07) is 9.82. The van der Waals surface area contributed by atoms with E-state index in [4.69, 9.17) is 9.47 Å². The fourth-order valence-corrected chi connectivity index (χ4v) is 3.42. The zero-order valence-corrected chi connectivity index (χ0v) is 17.1. The molecule has 3 rings (SSSR count). The molecule has 2 amide bonds. The molecule has 0 aliphatic rings. The van der Waals surface area contributed by atoms with Gasteiger partial charge in [0.15, 0.2) is 17.2 Å². The molecule has 0 spiro atoms. The lowest BCUT2D eigenvalue weighted by Crippen LogP contribution is -2.22. The van der Waals surface area contributed by atoms with Gasteiger partial charge in [-0.2, -0.15) is 0 Å². The minimum Gasteiger partial charge on any atom is -0.493 e. The van der Waals surface area contributed by atoms with Crippen molar-refractivity contribution in [2.45, 2.75) is 12.8 Å². The van der Waals surface area contributed by atoms with Crippen molar-refractivity contribution in [2.75, 3.05) is 24.9 Å². The fourth-order valence-electron chi connectivity index (χ4n) is 2.67. The van der Waals surface area contributed by atoms with E-state index in [1.54, 1.807) is 6.07 Å². The average molecular weight is 454 g/mol. The summed E-state index contributed by atoms with van der Waals surface area (Å²) >= 11 is 1.11. The van der Waals surface area contributed by atoms with E-state index in [-0.39, 0.29) is 10.8 Å². The van der Waals surface area contributed by atoms with E-state index in [1.807, 2.05) is 12.1 Å². The first-order valence-corrected chi connectivity index (χ1v) is 9.55. The zero-order chi connectivity index (χ0) is 22.4. The third kappa shape index (κ3) is 5.98. The molecule has 0 atom stereocenters. The van der Waals surface area contributed by atoms with Crippen molar-refractivity contribution in [1.82, 2.24) is 10.2 Å². The molecule has 0 aliphatic heterocycles. The highest BCUT2D eigenvalue weighted by Gasteiger charge is 2.32. The Morgan fingerprint density at radius 2 is 1.74 bits per heavy atom. The minimum atomic E-state index is -4.89. The van der Waals surface area contributed by atoms with Crippen molar-refractivity contribution in [3.8, 4) is 17.2 Å². The van der Waals surface area contributed by atoms with Crippen molar-refractivity contribution in [3.63, 3.8) is 0 Å². The lowest BCUT2D eigenvalue weighted by atomic mass is 10.1. The number of amides is 2. The van der Waals surface area contributed by atoms with E-state index in [9.17, 15) is 18.0 Å². The molecule has 0 fully saturated rings. The molecule has 2 aromatic carbocycles. The minimum absolute atomic E-state index is 0.150. The maximum absolute atomic E-state index is 12.5. The summed E-state index contributed by atoms with van der Waals surface area (Å²) in [7, 11) is 3.06. The predicted octanol–water partition coefficient (Wildman–Crippen LogP) is 4.69. The molecule has 0 bridgehead atoms. The van der Waals surface area contributed by atoms with Crippen molar-refractivity contribution >= 4 is 28.2 Å². The second-order valence-electron chi connectivity index (χ2n) is 5.95. The first-order valence-electron chi connectivity index (χ1n) is 8.74. The lowest BCUT2D eigenvalue weighted by molar-refractivity contribution is -0.274. The van der Waals surface area contributed by atoms with Crippen LogP contribution in [0.25, 0.3) is 0 Å². The lowest BCUT2D eigenvalue weighted by Gasteiger charge is -2.13. The monoisotopic (exact) mass is 454 g/mol. The number of urea groups is 1. The van der Waals surface area contributed by atoms with Gasteiger partial charge in [-0.25, -0.2) is 4.79 Å². The van der Waals surface area contributed by atoms with Crippen LogP contribution in [-0.4, -0.2) is 36.8 Å². The quantitative estimate of drug-likeness (QED) is 0.538. The van der Waals surface area contributed by atoms with Crippen molar-refractivity contribution in [1.29, 1.82) is 0 Å². The smallest absolute Gasteiger partial charge is 0.493 e. The van der Waals surface area contributed by atoms with Gasteiger partial charge in [0.2, 0.25) is 5.13 Å². The van der Waals surface area contributed by atoms with Gasteiger partial charge in [-0.3, -0.25) is 5.32 Å². The molecule has 0 unspecified atom stereocenters. The van der Waals surface area contributed by atoms with Gasteiger partial charge < -0.3 is 19.5 Å². The molecular weight excluding hydrogens is 437 g/mol. The third-order valence-electron chi connectivity index (χ3n) is 3.87. The Labute approximate surface area is 179 Å². The molecule has 0 aliphatic carbocycles. The van der Waals surface area contributed by atoms with Gasteiger partial charge in [0.1, 0.15) is 5.01 Å². The van der Waals surface area contributed by atoms with Crippen LogP contribution in [0.15, 0.2) is 42.5 Å². The highest BCUT2D eigenvalue weighted by Crippen LogP contribution is 2.33. The van der Waals surface area contributed by atoms with Crippen molar-refractivity contribution in [2.24, 2.45) is 0 Å². The molecular formula is C19H17F3N4O4S. The number of carbonyl (C=O) groups excluding carboxylic acids is 1. The molecule has 0 radical (unpaired) electrons. The Balaban J connectivity index is 1.67. The highest BCUT2D eigenvalue weighted by atomic mass is 32.1. The molecule has 164 valence electrons. The summed E-state index contributed by atoms with van der Waals surface area (Å²) in [5, 5.41) is 13.4. The maximum Gasteiger partial charge on any atom is 0.573 e. The van der Waals surface area contributed by atoms with Gasteiger partial charge in [-0.05, 0) is 18.2 Å². The maximum atomic E-state index is 12.5. The van der Waals surface area contributed by atoms with Gasteiger partial charge in [0.05, 0.1) is 19.9 Å². The van der Waals surface area contributed by atoms with Crippen LogP contribution >= 0.6 is 11.3 Å². The van der Waals surface area contributed by atoms with E-state index in [2.05, 4.69) is 25.6 Å². The van der Waals surface area contributed by atoms with Gasteiger partial charge in [0, 0.05) is 12.0 Å². The normalized spacial score (nSPS) is 11.0. The van der Waals surface area contributed by atoms with Crippen LogP contribution in [0, 0.1) is 0 Å². The van der Waals surface area contributed by atoms with Gasteiger partial charge in [0.25, 0.3) is 0 Å². The number of ether oxygens (including phenoxy) is 3. The van der Waals surface area contributed by atoms with Crippen LogP contribution in [0.2, 0.25) is 0 Å². The van der Waals surface area contributed by atoms with E-state index in [0.29, 0.717) is 22.9 Å². The Kier molecular flexibility index (Phi) is 6.80. The van der Waals surface area contributed by atoms with Crippen LogP contribution in [0.1, 0.15) is 10.6 Å². The zero-order valence-electron chi connectivity index (χ0n) is 16.3. The molecule has 0 saturated carbocycles. The predicted molar refractivity (Wildman–Crippen MR) is 108 cm³/mol. The van der Waals surface area contributed by atoms with Gasteiger partial charge >= 0.3 is 12.4 Å². The molecule has 3 aromatic rings. The van der Waals surface area contributed by atoms with Crippen molar-refractivity contribution in [3.05, 3.63) is 53.0 Å². The summed E-state index contributed by atoms with van der Waals surface area (Å²) in [5.74, 6) is 0.601. The van der Waals surface area contributed by atoms with Crippen LogP contribution in [0.5, 0.6) is 17.2 Å². The van der Waals surface area contributed by atoms with Crippen LogP contribution < -0.4 is 24.8 Å². The summed E-state index contributed by atoms with van der Waals surface area (Å²) < 4.78 is 52.1. The molecule has 31 heavy (non-hydrogen) atoms. The number of nitrogens with zero attached hydrogens (tertiary/aromatic N) is 2. The van der Waals surface area contributed by atoms with Crippen LogP contribution in [-0.2, 0) is 6.42 Å². The van der Waals surface area contributed by atoms with E-state index in [0.717, 1.165) is 23.0 Å². The molecule has 0 saturated heterocycles. The largest absolute Gasteiger partial charge is 0.573 e. The Morgan fingerprint density at radius 3 is 2.45 bits per heavy atom. The number of halogens is 3. The Bertz CT molecular complexity index is 1060. The third-order valence-corrected chi connectivity index (χ3v) is 4.71. The van der Waals surface area contributed by atoms with Gasteiger partial charge in [-0.1, -0.05) is 35.6 Å². The number of hydrogen-bond donors (Lipinski definition) is 2. The average Bonchev–Trinajstić information content (AvgIpc) is 3.14. The van der Waals surface area contributed by atoms with Crippen molar-refractivity contribution < 1.29 is 32.2 Å². The molecule has 1 aromatic heterocycles. The molecule has 2 N–H and O–H groups in total. The Hall–Kier alpha value is -3.54. The molecule has 12 heteroatoms. The number of carbonyl (C=O) groups is 1. The Morgan fingerprint density at radius 1 is 1.00 bits per heavy atom. The summed E-state index contributed by atoms with van der Waals surface area (Å²) in [4.78, 5) is 12.2. The number of alkyl halides is 3. The summed E-state index contributed by atoms with van der Waals surface area (Å²) in [5.41, 5.74) is 0.662. The number of anilines is 2. The highest BCUT2D eigenvalue weighted by molar-refractivity contribution is 7.15. The van der Waals surface area contributed by atoms with Gasteiger partial charge in [-0.15, -0.1) is 23.4 Å². The number of hydrogen-bond acceptors (Lipinski definition) is 7. The topological polar surface area (TPSA) is 94.6 Å². The number of nitrogens with one attached hydrogen (secondary N) is 2. The first-order chi connectivity index (χ1) is 14.8. The fraction of sp³-hybridized carbons (Fsp3) is 0.211. The van der Waals surface area contributed by atoms with E-state index < -0.39 is 18.1 Å². The summed E-state index contributed by atoms with van der Waals surface area (Å²) in [6.07, 6.45) is -4.51. The second-order valence-corrected chi connectivity index (χ2v) is 7.02. The van der Waals surface area contributed by atoms with E-state index in [1.165, 1.54) is 32.4 Å². The number of rotatable bonds is 7. The molecule has 1 heterocycles.